The molecule has 1 fully saturated rings. The number of aromatic nitrogens is 2. The van der Waals surface area contributed by atoms with Crippen molar-refractivity contribution in [3.05, 3.63) is 59.4 Å². The van der Waals surface area contributed by atoms with Gasteiger partial charge in [-0.2, -0.15) is 13.2 Å². The number of amides is 2. The molecule has 4 rings (SSSR count). The predicted molar refractivity (Wildman–Crippen MR) is 114 cm³/mol. The van der Waals surface area contributed by atoms with Crippen LogP contribution in [0.3, 0.4) is 0 Å². The molecule has 1 saturated heterocycles. The molecule has 172 valence electrons. The number of fused-ring (bicyclic) bond motifs is 1. The Labute approximate surface area is 186 Å². The topological polar surface area (TPSA) is 99.8 Å². The summed E-state index contributed by atoms with van der Waals surface area (Å²) in [5.74, 6) is 0.0543. The molecule has 33 heavy (non-hydrogen) atoms. The maximum atomic E-state index is 13.3. The van der Waals surface area contributed by atoms with Crippen LogP contribution in [0.1, 0.15) is 30.3 Å². The molecule has 1 aliphatic heterocycles. The number of hydrogen-bond donors (Lipinski definition) is 2. The quantitative estimate of drug-likeness (QED) is 0.602. The molecule has 0 saturated carbocycles. The van der Waals surface area contributed by atoms with Crippen LogP contribution < -0.4 is 5.32 Å². The van der Waals surface area contributed by atoms with Crippen LogP contribution in [-0.2, 0) is 16.5 Å². The van der Waals surface area contributed by atoms with E-state index in [2.05, 4.69) is 15.3 Å². The normalized spacial score (nSPS) is 20.4. The highest BCUT2D eigenvalue weighted by molar-refractivity contribution is 6.03. The number of aryl methyl sites for hydroxylation is 1. The number of carbonyl (C=O) groups excluding carboxylic acids is 1. The Kier molecular flexibility index (Phi) is 5.14. The van der Waals surface area contributed by atoms with E-state index in [4.69, 9.17) is 5.11 Å². The van der Waals surface area contributed by atoms with E-state index in [0.29, 0.717) is 28.1 Å². The Hall–Kier alpha value is -3.89. The number of carbonyl (C=O) groups is 2. The van der Waals surface area contributed by atoms with Crippen LogP contribution in [0.4, 0.5) is 18.0 Å². The van der Waals surface area contributed by atoms with Gasteiger partial charge in [0.05, 0.1) is 28.6 Å². The van der Waals surface area contributed by atoms with E-state index >= 15 is 0 Å². The van der Waals surface area contributed by atoms with Gasteiger partial charge in [0.2, 0.25) is 11.9 Å². The smallest absolute Gasteiger partial charge is 0.434 e. The van der Waals surface area contributed by atoms with Gasteiger partial charge >= 0.3 is 12.3 Å². The van der Waals surface area contributed by atoms with Crippen molar-refractivity contribution in [2.45, 2.75) is 32.0 Å². The van der Waals surface area contributed by atoms with Crippen LogP contribution in [0, 0.1) is 6.92 Å². The molecule has 1 atom stereocenters. The van der Waals surface area contributed by atoms with Crippen LogP contribution in [0.2, 0.25) is 0 Å². The first-order chi connectivity index (χ1) is 15.4. The predicted octanol–water partition coefficient (Wildman–Crippen LogP) is 4.05. The first-order valence-corrected chi connectivity index (χ1v) is 9.92. The van der Waals surface area contributed by atoms with Gasteiger partial charge in [-0.25, -0.2) is 9.78 Å². The largest absolute Gasteiger partial charge is 0.463 e. The lowest BCUT2D eigenvalue weighted by molar-refractivity contribution is -0.137. The summed E-state index contributed by atoms with van der Waals surface area (Å²) in [4.78, 5) is 32.6. The van der Waals surface area contributed by atoms with Crippen LogP contribution in [0.25, 0.3) is 16.7 Å². The first kappa shape index (κ1) is 22.3. The van der Waals surface area contributed by atoms with E-state index in [1.165, 1.54) is 13.1 Å². The molecule has 2 heterocycles. The highest BCUT2D eigenvalue weighted by Gasteiger charge is 2.39. The van der Waals surface area contributed by atoms with Crippen molar-refractivity contribution in [1.29, 1.82) is 0 Å². The number of imidazole rings is 1. The summed E-state index contributed by atoms with van der Waals surface area (Å²) in [5, 5.41) is 12.0. The van der Waals surface area contributed by atoms with Gasteiger partial charge in [-0.3, -0.25) is 14.3 Å². The van der Waals surface area contributed by atoms with Gasteiger partial charge < -0.3 is 10.4 Å². The van der Waals surface area contributed by atoms with Crippen molar-refractivity contribution >= 4 is 29.0 Å². The van der Waals surface area contributed by atoms with E-state index in [1.807, 2.05) is 0 Å². The summed E-state index contributed by atoms with van der Waals surface area (Å²) in [6.45, 7) is 3.42. The standard InChI is InChI=1S/C22H20F3N5O3/c1-12-26-16-8-7-14(22(23,24)25)10-17(16)30(12)15-6-4-5-13(9-15)21(2)11-18(31)29(3)19(28-21)27-20(32)33/h4-10H,11H2,1-3H3,(H,27,28)(H,32,33)/t21-/m0/s1. The fraction of sp³-hybridized carbons (Fsp3) is 0.273. The molecular formula is C22H20F3N5O3. The molecule has 0 unspecified atom stereocenters. The first-order valence-electron chi connectivity index (χ1n) is 9.92. The van der Waals surface area contributed by atoms with E-state index in [1.54, 1.807) is 42.7 Å². The van der Waals surface area contributed by atoms with Crippen molar-refractivity contribution < 1.29 is 27.9 Å². The fourth-order valence-corrected chi connectivity index (χ4v) is 3.97. The molecule has 1 aliphatic rings. The molecule has 0 bridgehead atoms. The molecule has 0 spiro atoms. The number of guanidine groups is 1. The van der Waals surface area contributed by atoms with E-state index in [-0.39, 0.29) is 18.3 Å². The van der Waals surface area contributed by atoms with Gasteiger partial charge in [0.15, 0.2) is 0 Å². The molecule has 0 aliphatic carbocycles. The molecule has 11 heteroatoms. The lowest BCUT2D eigenvalue weighted by atomic mass is 9.86. The van der Waals surface area contributed by atoms with Crippen LogP contribution in [0.5, 0.6) is 0 Å². The summed E-state index contributed by atoms with van der Waals surface area (Å²) in [5.41, 5.74) is 0.128. The minimum absolute atomic E-state index is 0.0213. The Morgan fingerprint density at radius 1 is 1.24 bits per heavy atom. The third-order valence-electron chi connectivity index (χ3n) is 5.68. The molecule has 3 aromatic rings. The number of nitrogens with zero attached hydrogens (tertiary/aromatic N) is 4. The second-order valence-corrected chi connectivity index (χ2v) is 8.05. The summed E-state index contributed by atoms with van der Waals surface area (Å²) >= 11 is 0. The highest BCUT2D eigenvalue weighted by Crippen LogP contribution is 2.34. The lowest BCUT2D eigenvalue weighted by Gasteiger charge is -2.40. The van der Waals surface area contributed by atoms with Gasteiger partial charge in [-0.05, 0) is 49.7 Å². The van der Waals surface area contributed by atoms with Crippen molar-refractivity contribution in [2.75, 3.05) is 7.05 Å². The summed E-state index contributed by atoms with van der Waals surface area (Å²) < 4.78 is 41.5. The number of rotatable bonds is 2. The van der Waals surface area contributed by atoms with Crippen molar-refractivity contribution in [3.8, 4) is 5.69 Å². The Morgan fingerprint density at radius 2 is 1.97 bits per heavy atom. The number of benzene rings is 2. The zero-order valence-electron chi connectivity index (χ0n) is 17.9. The van der Waals surface area contributed by atoms with E-state index < -0.39 is 23.4 Å². The Bertz CT molecular complexity index is 1310. The van der Waals surface area contributed by atoms with Gasteiger partial charge in [0, 0.05) is 12.7 Å². The zero-order valence-corrected chi connectivity index (χ0v) is 17.9. The summed E-state index contributed by atoms with van der Waals surface area (Å²) in [6, 6.07) is 10.3. The second kappa shape index (κ2) is 7.61. The Balaban J connectivity index is 1.82. The average molecular weight is 459 g/mol. The lowest BCUT2D eigenvalue weighted by Crippen LogP contribution is -2.58. The molecule has 2 N–H and O–H groups in total. The summed E-state index contributed by atoms with van der Waals surface area (Å²) in [7, 11) is 1.42. The summed E-state index contributed by atoms with van der Waals surface area (Å²) in [6.07, 6.45) is -5.92. The number of aliphatic imine (C=N–C) groups is 1. The maximum absolute atomic E-state index is 13.3. The number of carboxylic acid groups (broad SMARTS) is 1. The van der Waals surface area contributed by atoms with Crippen molar-refractivity contribution in [2.24, 2.45) is 4.99 Å². The van der Waals surface area contributed by atoms with Gasteiger partial charge in [-0.1, -0.05) is 12.1 Å². The number of halogens is 3. The minimum atomic E-state index is -4.50. The highest BCUT2D eigenvalue weighted by atomic mass is 19.4. The molecule has 8 nitrogen and oxygen atoms in total. The van der Waals surface area contributed by atoms with Gasteiger partial charge in [0.25, 0.3) is 0 Å². The van der Waals surface area contributed by atoms with Gasteiger partial charge in [0.1, 0.15) is 5.82 Å². The maximum Gasteiger partial charge on any atom is 0.434 e. The monoisotopic (exact) mass is 459 g/mol. The molecule has 2 aromatic carbocycles. The van der Waals surface area contributed by atoms with E-state index in [0.717, 1.165) is 17.0 Å². The van der Waals surface area contributed by atoms with Gasteiger partial charge in [-0.15, -0.1) is 4.99 Å². The van der Waals surface area contributed by atoms with Crippen molar-refractivity contribution in [3.63, 3.8) is 0 Å². The molecule has 2 amide bonds. The molecular weight excluding hydrogens is 439 g/mol. The number of alkyl halides is 3. The molecule has 1 aromatic heterocycles. The number of nitrogens with one attached hydrogen (secondary N) is 1. The Morgan fingerprint density at radius 3 is 2.64 bits per heavy atom. The minimum Gasteiger partial charge on any atom is -0.463 e. The second-order valence-electron chi connectivity index (χ2n) is 8.05. The SMILES string of the molecule is Cc1nc2ccc(C(F)(F)F)cc2n1-c1cccc([C@]2(C)CC(=O)N(C)/C(=N/C(=O)O)N2)c1. The van der Waals surface area contributed by atoms with Crippen molar-refractivity contribution in [1.82, 2.24) is 19.8 Å². The van der Waals surface area contributed by atoms with Crippen LogP contribution in [-0.4, -0.2) is 44.6 Å². The average Bonchev–Trinajstić information content (AvgIpc) is 3.05. The third-order valence-corrected chi connectivity index (χ3v) is 5.68. The van der Waals surface area contributed by atoms with Crippen LogP contribution in [0.15, 0.2) is 47.5 Å². The zero-order chi connectivity index (χ0) is 24.1. The molecule has 0 radical (unpaired) electrons. The third kappa shape index (κ3) is 4.01. The fourth-order valence-electron chi connectivity index (χ4n) is 3.97. The van der Waals surface area contributed by atoms with Crippen LogP contribution >= 0.6 is 0 Å². The number of hydrogen-bond acceptors (Lipinski definition) is 3. The van der Waals surface area contributed by atoms with E-state index in [9.17, 15) is 22.8 Å².